The maximum Gasteiger partial charge on any atom is 0.439 e. The van der Waals surface area contributed by atoms with Gasteiger partial charge in [-0.1, -0.05) is 23.4 Å². The first kappa shape index (κ1) is 22.3. The van der Waals surface area contributed by atoms with E-state index >= 15 is 0 Å². The van der Waals surface area contributed by atoms with E-state index in [1.807, 2.05) is 0 Å². The van der Waals surface area contributed by atoms with E-state index < -0.39 is 21.7 Å². The van der Waals surface area contributed by atoms with Gasteiger partial charge < -0.3 is 10.1 Å². The van der Waals surface area contributed by atoms with Gasteiger partial charge in [0.25, 0.3) is 15.9 Å². The summed E-state index contributed by atoms with van der Waals surface area (Å²) in [5.74, 6) is -0.417. The zero-order chi connectivity index (χ0) is 23.4. The average Bonchev–Trinajstić information content (AvgIpc) is 3.50. The number of nitrogens with zero attached hydrogens (tertiary/aromatic N) is 2. The first-order valence-electron chi connectivity index (χ1n) is 9.54. The summed E-state index contributed by atoms with van der Waals surface area (Å²) in [5, 5.41) is 8.01. The minimum atomic E-state index is -3.63. The highest BCUT2D eigenvalue weighted by Crippen LogP contribution is 2.26. The molecule has 0 spiro atoms. The number of benzene rings is 2. The van der Waals surface area contributed by atoms with E-state index in [2.05, 4.69) is 20.0 Å². The van der Waals surface area contributed by atoms with Crippen LogP contribution in [0.1, 0.15) is 0 Å². The van der Waals surface area contributed by atoms with Crippen LogP contribution in [0.3, 0.4) is 0 Å². The van der Waals surface area contributed by atoms with Crippen LogP contribution in [0.15, 0.2) is 79.6 Å². The summed E-state index contributed by atoms with van der Waals surface area (Å²) >= 11 is 1.15. The third-order valence-electron chi connectivity index (χ3n) is 4.54. The zero-order valence-corrected chi connectivity index (χ0v) is 18.9. The molecular formula is C21H18N4O6S2. The molecule has 2 aromatic carbocycles. The highest BCUT2D eigenvalue weighted by molar-refractivity contribution is 7.94. The number of amides is 1. The van der Waals surface area contributed by atoms with Gasteiger partial charge in [0.15, 0.2) is 12.4 Å². The van der Waals surface area contributed by atoms with Crippen molar-refractivity contribution in [3.8, 4) is 17.1 Å². The van der Waals surface area contributed by atoms with E-state index in [1.54, 1.807) is 66.0 Å². The predicted molar refractivity (Wildman–Crippen MR) is 123 cm³/mol. The molecule has 33 heavy (non-hydrogen) atoms. The number of anilines is 2. The second-order valence-corrected chi connectivity index (χ2v) is 9.90. The molecule has 12 heteroatoms. The third kappa shape index (κ3) is 5.13. The van der Waals surface area contributed by atoms with E-state index in [1.165, 1.54) is 11.4 Å². The number of nitrogens with one attached hydrogen (secondary N) is 2. The van der Waals surface area contributed by atoms with Crippen LogP contribution in [0.5, 0.6) is 5.75 Å². The van der Waals surface area contributed by atoms with Crippen LogP contribution in [0.2, 0.25) is 0 Å². The molecule has 0 saturated carbocycles. The molecule has 4 aromatic rings. The second-order valence-electron chi connectivity index (χ2n) is 6.76. The predicted octanol–water partition coefficient (Wildman–Crippen LogP) is 2.93. The quantitative estimate of drug-likeness (QED) is 0.391. The zero-order valence-electron chi connectivity index (χ0n) is 17.2. The minimum Gasteiger partial charge on any atom is -0.484 e. The molecule has 2 heterocycles. The average molecular weight is 487 g/mol. The van der Waals surface area contributed by atoms with Gasteiger partial charge in [0.2, 0.25) is 0 Å². The lowest BCUT2D eigenvalue weighted by Gasteiger charge is -2.18. The number of ether oxygens (including phenoxy) is 1. The van der Waals surface area contributed by atoms with Crippen molar-refractivity contribution in [3.63, 3.8) is 0 Å². The van der Waals surface area contributed by atoms with Crippen LogP contribution in [-0.2, 0) is 14.8 Å². The second kappa shape index (κ2) is 9.30. The van der Waals surface area contributed by atoms with Crippen LogP contribution in [0, 0.1) is 0 Å². The summed E-state index contributed by atoms with van der Waals surface area (Å²) in [6, 6.07) is 16.3. The van der Waals surface area contributed by atoms with Gasteiger partial charge in [0.1, 0.15) is 9.96 Å². The van der Waals surface area contributed by atoms with Crippen molar-refractivity contribution in [1.29, 1.82) is 0 Å². The van der Waals surface area contributed by atoms with Crippen molar-refractivity contribution >= 4 is 38.6 Å². The SMILES string of the molecule is CN(c1ccc(OCC(=O)Nc2cccc(-c3noc(=O)[nH]3)c2)cc1)S(=O)(=O)c1cccs1. The van der Waals surface area contributed by atoms with Crippen LogP contribution < -0.4 is 20.1 Å². The number of H-pyrrole nitrogens is 1. The molecule has 0 fully saturated rings. The Labute approximate surface area is 192 Å². The third-order valence-corrected chi connectivity index (χ3v) is 7.70. The maximum absolute atomic E-state index is 12.6. The Morgan fingerprint density at radius 1 is 1.18 bits per heavy atom. The molecule has 0 aliphatic carbocycles. The fourth-order valence-corrected chi connectivity index (χ4v) is 5.24. The summed E-state index contributed by atoms with van der Waals surface area (Å²) in [5.41, 5.74) is 1.51. The summed E-state index contributed by atoms with van der Waals surface area (Å²) in [7, 11) is -2.15. The number of carbonyl (C=O) groups is 1. The molecule has 0 aliphatic heterocycles. The van der Waals surface area contributed by atoms with E-state index in [-0.39, 0.29) is 16.6 Å². The van der Waals surface area contributed by atoms with Gasteiger partial charge in [0.05, 0.1) is 5.69 Å². The first-order chi connectivity index (χ1) is 15.8. The molecule has 0 bridgehead atoms. The maximum atomic E-state index is 12.6. The Bertz CT molecular complexity index is 1410. The van der Waals surface area contributed by atoms with Gasteiger partial charge in [-0.05, 0) is 47.8 Å². The molecule has 0 atom stereocenters. The highest BCUT2D eigenvalue weighted by Gasteiger charge is 2.22. The number of thiophene rings is 1. The van der Waals surface area contributed by atoms with E-state index in [4.69, 9.17) is 4.74 Å². The highest BCUT2D eigenvalue weighted by atomic mass is 32.2. The molecule has 10 nitrogen and oxygen atoms in total. The molecule has 1 amide bonds. The Morgan fingerprint density at radius 2 is 1.97 bits per heavy atom. The molecule has 2 N–H and O–H groups in total. The number of aromatic nitrogens is 2. The summed E-state index contributed by atoms with van der Waals surface area (Å²) in [6.45, 7) is -0.256. The molecule has 0 radical (unpaired) electrons. The molecule has 170 valence electrons. The topological polar surface area (TPSA) is 135 Å². The minimum absolute atomic E-state index is 0.249. The Kier molecular flexibility index (Phi) is 6.29. The van der Waals surface area contributed by atoms with Crippen LogP contribution in [-0.4, -0.2) is 38.1 Å². The summed E-state index contributed by atoms with van der Waals surface area (Å²) in [4.78, 5) is 25.8. The van der Waals surface area contributed by atoms with Gasteiger partial charge >= 0.3 is 5.76 Å². The van der Waals surface area contributed by atoms with Gasteiger partial charge in [-0.15, -0.1) is 11.3 Å². The van der Waals surface area contributed by atoms with Crippen molar-refractivity contribution in [1.82, 2.24) is 10.1 Å². The van der Waals surface area contributed by atoms with Crippen molar-refractivity contribution in [3.05, 3.63) is 76.6 Å². The number of sulfonamides is 1. The molecule has 0 aliphatic rings. The first-order valence-corrected chi connectivity index (χ1v) is 11.9. The lowest BCUT2D eigenvalue weighted by molar-refractivity contribution is -0.118. The van der Waals surface area contributed by atoms with Gasteiger partial charge in [-0.25, -0.2) is 13.2 Å². The Balaban J connectivity index is 1.35. The lowest BCUT2D eigenvalue weighted by Crippen LogP contribution is -2.25. The van der Waals surface area contributed by atoms with Crippen molar-refractivity contribution in [2.75, 3.05) is 23.3 Å². The van der Waals surface area contributed by atoms with Crippen LogP contribution in [0.4, 0.5) is 11.4 Å². The van der Waals surface area contributed by atoms with Gasteiger partial charge in [-0.3, -0.25) is 18.6 Å². The fourth-order valence-electron chi connectivity index (χ4n) is 2.88. The van der Waals surface area contributed by atoms with Crippen LogP contribution in [0.25, 0.3) is 11.4 Å². The summed E-state index contributed by atoms with van der Waals surface area (Å²) < 4.78 is 36.6. The largest absolute Gasteiger partial charge is 0.484 e. The molecular weight excluding hydrogens is 468 g/mol. The Hall–Kier alpha value is -3.90. The Morgan fingerprint density at radius 3 is 2.64 bits per heavy atom. The normalized spacial score (nSPS) is 11.2. The molecule has 0 unspecified atom stereocenters. The van der Waals surface area contributed by atoms with Crippen LogP contribution >= 0.6 is 11.3 Å². The van der Waals surface area contributed by atoms with Crippen molar-refractivity contribution in [2.45, 2.75) is 4.21 Å². The number of carbonyl (C=O) groups excluding carboxylic acids is 1. The molecule has 4 rings (SSSR count). The number of rotatable bonds is 8. The molecule has 2 aromatic heterocycles. The van der Waals surface area contributed by atoms with Gasteiger partial charge in [0, 0.05) is 18.3 Å². The van der Waals surface area contributed by atoms with E-state index in [0.29, 0.717) is 22.7 Å². The van der Waals surface area contributed by atoms with Crippen molar-refractivity contribution in [2.24, 2.45) is 0 Å². The number of hydrogen-bond acceptors (Lipinski definition) is 8. The van der Waals surface area contributed by atoms with Gasteiger partial charge in [-0.2, -0.15) is 0 Å². The number of aromatic amines is 1. The smallest absolute Gasteiger partial charge is 0.439 e. The lowest BCUT2D eigenvalue weighted by atomic mass is 10.2. The number of hydrogen-bond donors (Lipinski definition) is 2. The monoisotopic (exact) mass is 486 g/mol. The standard InChI is InChI=1S/C21H18N4O6S2/c1-25(33(28,29)19-6-3-11-32-19)16-7-9-17(10-8-16)30-13-18(26)22-15-5-2-4-14(12-15)20-23-21(27)31-24-20/h2-12H,13H2,1H3,(H,22,26)(H,23,24,27). The van der Waals surface area contributed by atoms with E-state index in [9.17, 15) is 18.0 Å². The molecule has 0 saturated heterocycles. The summed E-state index contributed by atoms with van der Waals surface area (Å²) in [6.07, 6.45) is 0. The fraction of sp³-hybridized carbons (Fsp3) is 0.0952. The van der Waals surface area contributed by atoms with Crippen molar-refractivity contribution < 1.29 is 22.5 Å². The van der Waals surface area contributed by atoms with E-state index in [0.717, 1.165) is 11.3 Å².